The highest BCUT2D eigenvalue weighted by Crippen LogP contribution is 2.31. The summed E-state index contributed by atoms with van der Waals surface area (Å²) in [5.74, 6) is 1.94. The molecule has 1 aromatic heterocycles. The van der Waals surface area contributed by atoms with Crippen molar-refractivity contribution in [3.8, 4) is 11.5 Å². The van der Waals surface area contributed by atoms with E-state index in [1.54, 1.807) is 33.3 Å². The molecule has 0 saturated heterocycles. The molecule has 0 fully saturated rings. The van der Waals surface area contributed by atoms with Crippen molar-refractivity contribution in [2.75, 3.05) is 14.2 Å². The van der Waals surface area contributed by atoms with E-state index in [2.05, 4.69) is 4.98 Å². The van der Waals surface area contributed by atoms with Gasteiger partial charge in [0.05, 0.1) is 14.2 Å². The van der Waals surface area contributed by atoms with Gasteiger partial charge in [0.25, 0.3) is 0 Å². The smallest absolute Gasteiger partial charge is 0.192 e. The van der Waals surface area contributed by atoms with Crippen LogP contribution in [0.3, 0.4) is 0 Å². The normalized spacial score (nSPS) is 10.5. The number of aryl methyl sites for hydroxylation is 1. The van der Waals surface area contributed by atoms with E-state index in [9.17, 15) is 0 Å². The van der Waals surface area contributed by atoms with Crippen molar-refractivity contribution in [2.24, 2.45) is 0 Å². The predicted octanol–water partition coefficient (Wildman–Crippen LogP) is 2.15. The fourth-order valence-corrected chi connectivity index (χ4v) is 1.37. The van der Waals surface area contributed by atoms with Gasteiger partial charge in [-0.15, -0.1) is 0 Å². The molecule has 0 saturated carbocycles. The quantitative estimate of drug-likeness (QED) is 0.733. The molecule has 1 aromatic carbocycles. The maximum absolute atomic E-state index is 5.36. The Labute approximate surface area is 81.4 Å². The van der Waals surface area contributed by atoms with Crippen molar-refractivity contribution >= 4 is 11.1 Å². The molecule has 0 spiro atoms. The molecule has 0 radical (unpaired) electrons. The van der Waals surface area contributed by atoms with E-state index in [1.807, 2.05) is 0 Å². The number of methoxy groups -OCH3 is 2. The number of hydrogen-bond donors (Lipinski definition) is 0. The summed E-state index contributed by atoms with van der Waals surface area (Å²) in [5, 5.41) is 0. The molecule has 0 aliphatic heterocycles. The second kappa shape index (κ2) is 3.21. The van der Waals surface area contributed by atoms with Crippen LogP contribution < -0.4 is 9.47 Å². The van der Waals surface area contributed by atoms with E-state index in [0.29, 0.717) is 23.0 Å². The first-order valence-corrected chi connectivity index (χ1v) is 4.23. The van der Waals surface area contributed by atoms with Gasteiger partial charge < -0.3 is 13.9 Å². The van der Waals surface area contributed by atoms with Gasteiger partial charge in [0.15, 0.2) is 23.0 Å². The van der Waals surface area contributed by atoms with Gasteiger partial charge in [-0.1, -0.05) is 0 Å². The van der Waals surface area contributed by atoms with Crippen LogP contribution in [0.4, 0.5) is 0 Å². The van der Waals surface area contributed by atoms with Crippen LogP contribution in [0.2, 0.25) is 0 Å². The van der Waals surface area contributed by atoms with Crippen LogP contribution in [0.15, 0.2) is 16.5 Å². The van der Waals surface area contributed by atoms with Gasteiger partial charge >= 0.3 is 0 Å². The molecule has 2 rings (SSSR count). The lowest BCUT2D eigenvalue weighted by Crippen LogP contribution is -1.89. The third kappa shape index (κ3) is 1.28. The minimum Gasteiger partial charge on any atom is -0.493 e. The van der Waals surface area contributed by atoms with Gasteiger partial charge in [-0.05, 0) is 0 Å². The third-order valence-corrected chi connectivity index (χ3v) is 2.00. The molecular formula is C10H11NO3. The largest absolute Gasteiger partial charge is 0.493 e. The standard InChI is InChI=1S/C10H11NO3/c1-6-11-7-4-9(12-2)10(13-3)5-8(7)14-6/h4-5H,1-3H3. The minimum atomic E-state index is 0.635. The van der Waals surface area contributed by atoms with Crippen molar-refractivity contribution in [3.05, 3.63) is 18.0 Å². The highest BCUT2D eigenvalue weighted by atomic mass is 16.5. The summed E-state index contributed by atoms with van der Waals surface area (Å²) in [6.07, 6.45) is 0. The Bertz CT molecular complexity index is 421. The highest BCUT2D eigenvalue weighted by Gasteiger charge is 2.09. The zero-order chi connectivity index (χ0) is 10.1. The summed E-state index contributed by atoms with van der Waals surface area (Å²) in [5.41, 5.74) is 1.49. The van der Waals surface area contributed by atoms with Crippen molar-refractivity contribution in [1.82, 2.24) is 4.98 Å². The van der Waals surface area contributed by atoms with Crippen LogP contribution in [0.25, 0.3) is 11.1 Å². The molecule has 0 atom stereocenters. The predicted molar refractivity (Wildman–Crippen MR) is 51.9 cm³/mol. The van der Waals surface area contributed by atoms with E-state index in [-0.39, 0.29) is 0 Å². The van der Waals surface area contributed by atoms with Gasteiger partial charge in [-0.2, -0.15) is 0 Å². The fraction of sp³-hybridized carbons (Fsp3) is 0.300. The molecule has 0 bridgehead atoms. The lowest BCUT2D eigenvalue weighted by Gasteiger charge is -2.05. The van der Waals surface area contributed by atoms with Crippen molar-refractivity contribution in [2.45, 2.75) is 6.92 Å². The molecule has 14 heavy (non-hydrogen) atoms. The Hall–Kier alpha value is -1.71. The Kier molecular flexibility index (Phi) is 2.04. The van der Waals surface area contributed by atoms with Crippen LogP contribution in [0, 0.1) is 6.92 Å². The summed E-state index contributed by atoms with van der Waals surface area (Å²) in [4.78, 5) is 4.19. The van der Waals surface area contributed by atoms with Gasteiger partial charge in [-0.25, -0.2) is 4.98 Å². The topological polar surface area (TPSA) is 44.5 Å². The monoisotopic (exact) mass is 193 g/mol. The van der Waals surface area contributed by atoms with Crippen molar-refractivity contribution < 1.29 is 13.9 Å². The minimum absolute atomic E-state index is 0.635. The number of oxazole rings is 1. The molecule has 0 aliphatic rings. The molecular weight excluding hydrogens is 182 g/mol. The zero-order valence-corrected chi connectivity index (χ0v) is 8.33. The number of nitrogens with zero attached hydrogens (tertiary/aromatic N) is 1. The lowest BCUT2D eigenvalue weighted by atomic mass is 10.3. The Morgan fingerprint density at radius 3 is 2.43 bits per heavy atom. The van der Waals surface area contributed by atoms with Crippen molar-refractivity contribution in [3.63, 3.8) is 0 Å². The molecule has 4 heteroatoms. The summed E-state index contributed by atoms with van der Waals surface area (Å²) in [6.45, 7) is 1.80. The van der Waals surface area contributed by atoms with E-state index < -0.39 is 0 Å². The van der Waals surface area contributed by atoms with Crippen LogP contribution in [0.1, 0.15) is 5.89 Å². The average molecular weight is 193 g/mol. The van der Waals surface area contributed by atoms with Gasteiger partial charge in [0, 0.05) is 19.1 Å². The molecule has 0 aliphatic carbocycles. The van der Waals surface area contributed by atoms with Crippen LogP contribution in [-0.2, 0) is 0 Å². The summed E-state index contributed by atoms with van der Waals surface area (Å²) < 4.78 is 15.7. The second-order valence-electron chi connectivity index (χ2n) is 2.91. The number of hydrogen-bond acceptors (Lipinski definition) is 4. The first-order valence-electron chi connectivity index (χ1n) is 4.23. The second-order valence-corrected chi connectivity index (χ2v) is 2.91. The summed E-state index contributed by atoms with van der Waals surface area (Å²) >= 11 is 0. The summed E-state index contributed by atoms with van der Waals surface area (Å²) in [7, 11) is 3.18. The Morgan fingerprint density at radius 2 is 1.79 bits per heavy atom. The Morgan fingerprint density at radius 1 is 1.14 bits per heavy atom. The maximum Gasteiger partial charge on any atom is 0.192 e. The number of benzene rings is 1. The first kappa shape index (κ1) is 8.87. The van der Waals surface area contributed by atoms with Gasteiger partial charge in [0.1, 0.15) is 5.52 Å². The van der Waals surface area contributed by atoms with E-state index in [0.717, 1.165) is 5.52 Å². The lowest BCUT2D eigenvalue weighted by molar-refractivity contribution is 0.355. The van der Waals surface area contributed by atoms with Crippen LogP contribution in [-0.4, -0.2) is 19.2 Å². The number of fused-ring (bicyclic) bond motifs is 1. The third-order valence-electron chi connectivity index (χ3n) is 2.00. The van der Waals surface area contributed by atoms with Gasteiger partial charge in [0.2, 0.25) is 0 Å². The van der Waals surface area contributed by atoms with Gasteiger partial charge in [-0.3, -0.25) is 0 Å². The fourth-order valence-electron chi connectivity index (χ4n) is 1.37. The summed E-state index contributed by atoms with van der Waals surface area (Å²) in [6, 6.07) is 3.57. The van der Waals surface area contributed by atoms with Crippen molar-refractivity contribution in [1.29, 1.82) is 0 Å². The van der Waals surface area contributed by atoms with E-state index >= 15 is 0 Å². The Balaban J connectivity index is 2.68. The van der Waals surface area contributed by atoms with E-state index in [4.69, 9.17) is 13.9 Å². The number of rotatable bonds is 2. The van der Waals surface area contributed by atoms with E-state index in [1.165, 1.54) is 0 Å². The van der Waals surface area contributed by atoms with Crippen LogP contribution >= 0.6 is 0 Å². The van der Waals surface area contributed by atoms with Crippen LogP contribution in [0.5, 0.6) is 11.5 Å². The first-order chi connectivity index (χ1) is 6.74. The number of ether oxygens (including phenoxy) is 2. The molecule has 0 unspecified atom stereocenters. The molecule has 0 N–H and O–H groups in total. The molecule has 2 aromatic rings. The SMILES string of the molecule is COc1cc2nc(C)oc2cc1OC. The average Bonchev–Trinajstić information content (AvgIpc) is 2.54. The molecule has 1 heterocycles. The number of aromatic nitrogens is 1. The highest BCUT2D eigenvalue weighted by molar-refractivity contribution is 5.77. The maximum atomic E-state index is 5.36. The molecule has 0 amide bonds. The molecule has 74 valence electrons. The molecule has 4 nitrogen and oxygen atoms in total. The zero-order valence-electron chi connectivity index (χ0n) is 8.33.